The van der Waals surface area contributed by atoms with Gasteiger partial charge in [-0.1, -0.05) is 30.3 Å². The molecule has 0 saturated heterocycles. The third-order valence-corrected chi connectivity index (χ3v) is 4.52. The van der Waals surface area contributed by atoms with Gasteiger partial charge in [0.25, 0.3) is 0 Å². The number of benzene rings is 3. The molecule has 3 rings (SSSR count). The van der Waals surface area contributed by atoms with Gasteiger partial charge in [0.05, 0.1) is 28.4 Å². The Morgan fingerprint density at radius 1 is 0.571 bits per heavy atom. The number of ether oxygens (including phenoxy) is 4. The van der Waals surface area contributed by atoms with E-state index in [0.29, 0.717) is 11.5 Å². The van der Waals surface area contributed by atoms with E-state index in [4.69, 9.17) is 18.9 Å². The fraction of sp³-hybridized carbons (Fsp3) is 0.167. The summed E-state index contributed by atoms with van der Waals surface area (Å²) in [6.45, 7) is 0. The molecule has 0 aliphatic rings. The Kier molecular flexibility index (Phi) is 6.22. The van der Waals surface area contributed by atoms with E-state index in [-0.39, 0.29) is 0 Å². The van der Waals surface area contributed by atoms with Crippen molar-refractivity contribution in [3.05, 3.63) is 83.4 Å². The van der Waals surface area contributed by atoms with Gasteiger partial charge < -0.3 is 18.9 Å². The van der Waals surface area contributed by atoms with Gasteiger partial charge >= 0.3 is 0 Å². The van der Waals surface area contributed by atoms with E-state index in [1.54, 1.807) is 28.4 Å². The van der Waals surface area contributed by atoms with Gasteiger partial charge in [0, 0.05) is 0 Å². The highest BCUT2D eigenvalue weighted by atomic mass is 16.5. The second kappa shape index (κ2) is 9.00. The van der Waals surface area contributed by atoms with Crippen LogP contribution < -0.4 is 18.9 Å². The predicted octanol–water partition coefficient (Wildman–Crippen LogP) is 5.31. The van der Waals surface area contributed by atoms with Crippen molar-refractivity contribution in [3.8, 4) is 23.0 Å². The summed E-state index contributed by atoms with van der Waals surface area (Å²) in [4.78, 5) is 0. The highest BCUT2D eigenvalue weighted by Gasteiger charge is 2.11. The molecule has 0 aliphatic heterocycles. The highest BCUT2D eigenvalue weighted by Crippen LogP contribution is 2.34. The first kappa shape index (κ1) is 19.4. The number of methoxy groups -OCH3 is 4. The maximum absolute atomic E-state index is 5.49. The first-order valence-corrected chi connectivity index (χ1v) is 8.91. The fourth-order valence-corrected chi connectivity index (χ4v) is 2.97. The van der Waals surface area contributed by atoms with Gasteiger partial charge in [-0.25, -0.2) is 0 Å². The van der Waals surface area contributed by atoms with Gasteiger partial charge in [0.2, 0.25) is 0 Å². The molecule has 0 aromatic heterocycles. The monoisotopic (exact) mass is 376 g/mol. The maximum Gasteiger partial charge on any atom is 0.161 e. The van der Waals surface area contributed by atoms with Crippen LogP contribution in [0.3, 0.4) is 0 Å². The summed E-state index contributed by atoms with van der Waals surface area (Å²) in [7, 11) is 6.60. The zero-order valence-corrected chi connectivity index (χ0v) is 16.6. The van der Waals surface area contributed by atoms with E-state index in [9.17, 15) is 0 Å². The molecule has 0 N–H and O–H groups in total. The average molecular weight is 376 g/mol. The standard InChI is InChI=1S/C24H24O4/c1-25-20-10-5-17(6-11-20)15-22(18-7-12-21(26-2)13-8-18)19-9-14-23(27-3)24(16-19)28-4/h5-16H,1-4H3/b22-15+. The summed E-state index contributed by atoms with van der Waals surface area (Å²) in [6.07, 6.45) is 2.14. The average Bonchev–Trinajstić information content (AvgIpc) is 2.77. The summed E-state index contributed by atoms with van der Waals surface area (Å²) in [5.41, 5.74) is 4.23. The molecule has 0 spiro atoms. The van der Waals surface area contributed by atoms with Gasteiger partial charge in [-0.15, -0.1) is 0 Å². The van der Waals surface area contributed by atoms with Gasteiger partial charge in [-0.2, -0.15) is 0 Å². The van der Waals surface area contributed by atoms with Crippen molar-refractivity contribution in [1.82, 2.24) is 0 Å². The lowest BCUT2D eigenvalue weighted by Crippen LogP contribution is -1.94. The van der Waals surface area contributed by atoms with Crippen molar-refractivity contribution in [2.75, 3.05) is 28.4 Å². The summed E-state index contributed by atoms with van der Waals surface area (Å²) >= 11 is 0. The SMILES string of the molecule is COc1ccc(/C=C(\c2ccc(OC)cc2)c2ccc(OC)c(OC)c2)cc1. The molecule has 4 heteroatoms. The second-order valence-electron chi connectivity index (χ2n) is 6.13. The van der Waals surface area contributed by atoms with E-state index in [2.05, 4.69) is 6.08 Å². The Labute approximate surface area is 165 Å². The minimum absolute atomic E-state index is 0.689. The number of hydrogen-bond donors (Lipinski definition) is 0. The summed E-state index contributed by atoms with van der Waals surface area (Å²) in [5.74, 6) is 3.04. The van der Waals surface area contributed by atoms with E-state index in [0.717, 1.165) is 33.8 Å². The first-order chi connectivity index (χ1) is 13.7. The van der Waals surface area contributed by atoms with Crippen LogP contribution in [0.2, 0.25) is 0 Å². The molecule has 0 amide bonds. The van der Waals surface area contributed by atoms with Crippen LogP contribution in [0, 0.1) is 0 Å². The summed E-state index contributed by atoms with van der Waals surface area (Å²) in [6, 6.07) is 21.9. The second-order valence-corrected chi connectivity index (χ2v) is 6.13. The maximum atomic E-state index is 5.49. The Morgan fingerprint density at radius 2 is 1.11 bits per heavy atom. The topological polar surface area (TPSA) is 36.9 Å². The molecular weight excluding hydrogens is 352 g/mol. The van der Waals surface area contributed by atoms with E-state index >= 15 is 0 Å². The number of rotatable bonds is 7. The molecule has 3 aromatic carbocycles. The zero-order chi connectivity index (χ0) is 19.9. The molecule has 0 fully saturated rings. The largest absolute Gasteiger partial charge is 0.497 e. The van der Waals surface area contributed by atoms with Crippen molar-refractivity contribution in [2.45, 2.75) is 0 Å². The smallest absolute Gasteiger partial charge is 0.161 e. The number of hydrogen-bond acceptors (Lipinski definition) is 4. The molecule has 3 aromatic rings. The van der Waals surface area contributed by atoms with Gasteiger partial charge in [0.15, 0.2) is 11.5 Å². The molecular formula is C24H24O4. The van der Waals surface area contributed by atoms with Crippen molar-refractivity contribution < 1.29 is 18.9 Å². The molecule has 0 saturated carbocycles. The van der Waals surface area contributed by atoms with Crippen LogP contribution in [0.15, 0.2) is 66.7 Å². The molecule has 0 radical (unpaired) electrons. The minimum Gasteiger partial charge on any atom is -0.497 e. The lowest BCUT2D eigenvalue weighted by atomic mass is 9.95. The van der Waals surface area contributed by atoms with Gasteiger partial charge in [-0.05, 0) is 64.7 Å². The molecule has 0 aliphatic carbocycles. The predicted molar refractivity (Wildman–Crippen MR) is 113 cm³/mol. The molecule has 144 valence electrons. The van der Waals surface area contributed by atoms with Crippen molar-refractivity contribution >= 4 is 11.6 Å². The summed E-state index contributed by atoms with van der Waals surface area (Å²) in [5, 5.41) is 0. The lowest BCUT2D eigenvalue weighted by molar-refractivity contribution is 0.355. The molecule has 4 nitrogen and oxygen atoms in total. The molecule has 0 bridgehead atoms. The molecule has 0 atom stereocenters. The van der Waals surface area contributed by atoms with Crippen LogP contribution >= 0.6 is 0 Å². The Bertz CT molecular complexity index is 941. The van der Waals surface area contributed by atoms with Crippen LogP contribution in [0.5, 0.6) is 23.0 Å². The molecule has 28 heavy (non-hydrogen) atoms. The van der Waals surface area contributed by atoms with Crippen molar-refractivity contribution in [3.63, 3.8) is 0 Å². The van der Waals surface area contributed by atoms with E-state index in [1.165, 1.54) is 0 Å². The lowest BCUT2D eigenvalue weighted by Gasteiger charge is -2.13. The summed E-state index contributed by atoms with van der Waals surface area (Å²) < 4.78 is 21.4. The first-order valence-electron chi connectivity index (χ1n) is 8.91. The molecule has 0 unspecified atom stereocenters. The van der Waals surface area contributed by atoms with Crippen LogP contribution in [-0.4, -0.2) is 28.4 Å². The molecule has 0 heterocycles. The highest BCUT2D eigenvalue weighted by molar-refractivity contribution is 5.92. The van der Waals surface area contributed by atoms with Gasteiger partial charge in [-0.3, -0.25) is 0 Å². The third-order valence-electron chi connectivity index (χ3n) is 4.52. The zero-order valence-electron chi connectivity index (χ0n) is 16.6. The normalized spacial score (nSPS) is 11.1. The third kappa shape index (κ3) is 4.29. The van der Waals surface area contributed by atoms with E-state index < -0.39 is 0 Å². The Morgan fingerprint density at radius 3 is 1.64 bits per heavy atom. The van der Waals surface area contributed by atoms with Gasteiger partial charge in [0.1, 0.15) is 11.5 Å². The van der Waals surface area contributed by atoms with Crippen LogP contribution in [-0.2, 0) is 0 Å². The van der Waals surface area contributed by atoms with Crippen molar-refractivity contribution in [2.24, 2.45) is 0 Å². The van der Waals surface area contributed by atoms with Crippen LogP contribution in [0.25, 0.3) is 11.6 Å². The van der Waals surface area contributed by atoms with Crippen LogP contribution in [0.4, 0.5) is 0 Å². The van der Waals surface area contributed by atoms with Crippen LogP contribution in [0.1, 0.15) is 16.7 Å². The Hall–Kier alpha value is -3.40. The van der Waals surface area contributed by atoms with Crippen molar-refractivity contribution in [1.29, 1.82) is 0 Å². The fourth-order valence-electron chi connectivity index (χ4n) is 2.97. The van der Waals surface area contributed by atoms with E-state index in [1.807, 2.05) is 66.7 Å². The quantitative estimate of drug-likeness (QED) is 0.524. The Balaban J connectivity index is 2.11. The minimum atomic E-state index is 0.689.